The van der Waals surface area contributed by atoms with Crippen LogP contribution < -0.4 is 5.32 Å². The van der Waals surface area contributed by atoms with Crippen molar-refractivity contribution in [3.05, 3.63) is 29.6 Å². The third-order valence-corrected chi connectivity index (χ3v) is 5.35. The van der Waals surface area contributed by atoms with Crippen molar-refractivity contribution in [2.75, 3.05) is 13.1 Å². The van der Waals surface area contributed by atoms with Crippen LogP contribution in [0.4, 0.5) is 0 Å². The number of aromatic nitrogens is 1. The second kappa shape index (κ2) is 6.05. The normalized spacial score (nSPS) is 25.8. The Balaban J connectivity index is 1.75. The van der Waals surface area contributed by atoms with Crippen molar-refractivity contribution < 1.29 is 0 Å². The highest BCUT2D eigenvalue weighted by molar-refractivity contribution is 5.14. The van der Waals surface area contributed by atoms with Crippen molar-refractivity contribution in [2.24, 2.45) is 5.92 Å². The van der Waals surface area contributed by atoms with Crippen LogP contribution in [0.2, 0.25) is 0 Å². The molecule has 3 heteroatoms. The second-order valence-electron chi connectivity index (χ2n) is 7.39. The summed E-state index contributed by atoms with van der Waals surface area (Å²) in [7, 11) is 0. The topological polar surface area (TPSA) is 28.2 Å². The van der Waals surface area contributed by atoms with E-state index in [4.69, 9.17) is 0 Å². The van der Waals surface area contributed by atoms with Gasteiger partial charge < -0.3 is 5.32 Å². The van der Waals surface area contributed by atoms with Crippen LogP contribution in [0.25, 0.3) is 0 Å². The first kappa shape index (κ1) is 15.0. The van der Waals surface area contributed by atoms with Crippen molar-refractivity contribution >= 4 is 0 Å². The number of nitrogens with one attached hydrogen (secondary N) is 1. The van der Waals surface area contributed by atoms with Gasteiger partial charge in [0.05, 0.1) is 0 Å². The van der Waals surface area contributed by atoms with E-state index in [1.165, 1.54) is 37.8 Å². The molecule has 0 aromatic carbocycles. The molecule has 3 nitrogen and oxygen atoms in total. The molecule has 1 aliphatic heterocycles. The van der Waals surface area contributed by atoms with Gasteiger partial charge in [-0.15, -0.1) is 0 Å². The van der Waals surface area contributed by atoms with Crippen LogP contribution in [0, 0.1) is 12.8 Å². The zero-order valence-corrected chi connectivity index (χ0v) is 13.7. The molecule has 1 N–H and O–H groups in total. The number of nitrogens with zero attached hydrogens (tertiary/aromatic N) is 2. The smallest absolute Gasteiger partial charge is 0.0372 e. The van der Waals surface area contributed by atoms with Crippen LogP contribution in [0.3, 0.4) is 0 Å². The highest BCUT2D eigenvalue weighted by atomic mass is 15.3. The Morgan fingerprint density at radius 2 is 2.10 bits per heavy atom. The maximum atomic E-state index is 4.46. The van der Waals surface area contributed by atoms with E-state index >= 15 is 0 Å². The third-order valence-electron chi connectivity index (χ3n) is 5.35. The molecule has 2 aliphatic rings. The fourth-order valence-corrected chi connectivity index (χ4v) is 4.06. The number of aryl methyl sites for hydroxylation is 1. The Bertz CT molecular complexity index is 460. The van der Waals surface area contributed by atoms with Crippen LogP contribution in [-0.4, -0.2) is 34.6 Å². The summed E-state index contributed by atoms with van der Waals surface area (Å²) in [4.78, 5) is 7.17. The van der Waals surface area contributed by atoms with E-state index in [0.29, 0.717) is 17.5 Å². The first-order chi connectivity index (χ1) is 10.1. The summed E-state index contributed by atoms with van der Waals surface area (Å²) >= 11 is 0. The fraction of sp³-hybridized carbons (Fsp3) is 0.722. The molecule has 1 aliphatic carbocycles. The Kier molecular flexibility index (Phi) is 4.32. The number of hydrogen-bond acceptors (Lipinski definition) is 3. The van der Waals surface area contributed by atoms with Gasteiger partial charge in [-0.3, -0.25) is 9.88 Å². The summed E-state index contributed by atoms with van der Waals surface area (Å²) < 4.78 is 0. The first-order valence-corrected chi connectivity index (χ1v) is 8.49. The number of hydrogen-bond donors (Lipinski definition) is 1. The molecule has 1 saturated carbocycles. The molecule has 3 rings (SSSR count). The summed E-state index contributed by atoms with van der Waals surface area (Å²) in [5.74, 6) is 0.690. The van der Waals surface area contributed by atoms with Crippen molar-refractivity contribution in [3.8, 4) is 0 Å². The molecule has 2 heterocycles. The van der Waals surface area contributed by atoms with Crippen molar-refractivity contribution in [2.45, 2.75) is 64.6 Å². The molecule has 1 aromatic heterocycles. The second-order valence-corrected chi connectivity index (χ2v) is 7.39. The zero-order chi connectivity index (χ0) is 14.9. The summed E-state index contributed by atoms with van der Waals surface area (Å²) in [6.45, 7) is 10.1. The van der Waals surface area contributed by atoms with Gasteiger partial charge in [0.1, 0.15) is 0 Å². The molecule has 1 atom stereocenters. The van der Waals surface area contributed by atoms with E-state index in [-0.39, 0.29) is 0 Å². The van der Waals surface area contributed by atoms with Crippen LogP contribution in [0.1, 0.15) is 50.8 Å². The lowest BCUT2D eigenvalue weighted by Gasteiger charge is -2.48. The molecule has 116 valence electrons. The van der Waals surface area contributed by atoms with Gasteiger partial charge in [0.25, 0.3) is 0 Å². The monoisotopic (exact) mass is 287 g/mol. The molecule has 21 heavy (non-hydrogen) atoms. The Morgan fingerprint density at radius 3 is 2.71 bits per heavy atom. The summed E-state index contributed by atoms with van der Waals surface area (Å²) in [5, 5.41) is 3.89. The molecular formula is C18H29N3. The first-order valence-electron chi connectivity index (χ1n) is 8.49. The highest BCUT2D eigenvalue weighted by Gasteiger charge is 2.41. The van der Waals surface area contributed by atoms with E-state index in [1.807, 2.05) is 0 Å². The van der Waals surface area contributed by atoms with Crippen LogP contribution in [-0.2, 0) is 6.54 Å². The van der Waals surface area contributed by atoms with E-state index in [1.54, 1.807) is 0 Å². The Labute approximate surface area is 129 Å². The Hall–Kier alpha value is -0.930. The van der Waals surface area contributed by atoms with Gasteiger partial charge in [-0.05, 0) is 37.3 Å². The average Bonchev–Trinajstić information content (AvgIpc) is 2.89. The van der Waals surface area contributed by atoms with Crippen LogP contribution in [0.15, 0.2) is 18.3 Å². The molecule has 1 spiro atoms. The zero-order valence-electron chi connectivity index (χ0n) is 13.7. The van der Waals surface area contributed by atoms with Gasteiger partial charge in [0.2, 0.25) is 0 Å². The summed E-state index contributed by atoms with van der Waals surface area (Å²) in [6, 6.07) is 5.01. The summed E-state index contributed by atoms with van der Waals surface area (Å²) in [6.07, 6.45) is 7.52. The van der Waals surface area contributed by atoms with Gasteiger partial charge in [-0.1, -0.05) is 32.8 Å². The quantitative estimate of drug-likeness (QED) is 0.926. The maximum Gasteiger partial charge on any atom is 0.0372 e. The SMILES string of the molecule is Cc1ccc(CN2CC3(CCCC3)NCC2C(C)C)cn1. The van der Waals surface area contributed by atoms with Crippen LogP contribution in [0.5, 0.6) is 0 Å². The minimum atomic E-state index is 0.392. The van der Waals surface area contributed by atoms with E-state index in [2.05, 4.69) is 54.3 Å². The predicted octanol–water partition coefficient (Wildman–Crippen LogP) is 3.13. The van der Waals surface area contributed by atoms with Gasteiger partial charge >= 0.3 is 0 Å². The molecule has 0 bridgehead atoms. The average molecular weight is 287 g/mol. The minimum Gasteiger partial charge on any atom is -0.308 e. The molecule has 0 radical (unpaired) electrons. The van der Waals surface area contributed by atoms with Gasteiger partial charge in [-0.2, -0.15) is 0 Å². The molecule has 1 saturated heterocycles. The van der Waals surface area contributed by atoms with E-state index < -0.39 is 0 Å². The van der Waals surface area contributed by atoms with Crippen LogP contribution >= 0.6 is 0 Å². The molecule has 1 unspecified atom stereocenters. The predicted molar refractivity (Wildman–Crippen MR) is 87.2 cm³/mol. The molecular weight excluding hydrogens is 258 g/mol. The van der Waals surface area contributed by atoms with E-state index in [9.17, 15) is 0 Å². The third kappa shape index (κ3) is 3.29. The molecule has 1 aromatic rings. The lowest BCUT2D eigenvalue weighted by Crippen LogP contribution is -2.63. The standard InChI is InChI=1S/C18H29N3/c1-14(2)17-11-20-18(8-4-5-9-18)13-21(17)12-16-7-6-15(3)19-10-16/h6-7,10,14,17,20H,4-5,8-9,11-13H2,1-3H3. The largest absolute Gasteiger partial charge is 0.308 e. The number of pyridine rings is 1. The number of rotatable bonds is 3. The lowest BCUT2D eigenvalue weighted by molar-refractivity contribution is 0.0506. The Morgan fingerprint density at radius 1 is 1.33 bits per heavy atom. The lowest BCUT2D eigenvalue weighted by atomic mass is 9.89. The highest BCUT2D eigenvalue weighted by Crippen LogP contribution is 2.34. The van der Waals surface area contributed by atoms with Gasteiger partial charge in [0.15, 0.2) is 0 Å². The van der Waals surface area contributed by atoms with Crippen molar-refractivity contribution in [1.29, 1.82) is 0 Å². The van der Waals surface area contributed by atoms with E-state index in [0.717, 1.165) is 18.8 Å². The van der Waals surface area contributed by atoms with Gasteiger partial charge in [0, 0.05) is 43.1 Å². The van der Waals surface area contributed by atoms with Crippen molar-refractivity contribution in [3.63, 3.8) is 0 Å². The van der Waals surface area contributed by atoms with Gasteiger partial charge in [-0.25, -0.2) is 0 Å². The molecule has 0 amide bonds. The minimum absolute atomic E-state index is 0.392. The van der Waals surface area contributed by atoms with Crippen molar-refractivity contribution in [1.82, 2.24) is 15.2 Å². The number of piperazine rings is 1. The maximum absolute atomic E-state index is 4.46. The molecule has 2 fully saturated rings. The fourth-order valence-electron chi connectivity index (χ4n) is 4.06. The summed E-state index contributed by atoms with van der Waals surface area (Å²) in [5.41, 5.74) is 2.84.